The van der Waals surface area contributed by atoms with E-state index in [-0.39, 0.29) is 25.8 Å². The molecule has 9 N–H and O–H groups in total. The van der Waals surface area contributed by atoms with E-state index in [1.807, 2.05) is 0 Å². The van der Waals surface area contributed by atoms with Crippen molar-refractivity contribution in [2.24, 2.45) is 11.5 Å². The van der Waals surface area contributed by atoms with Crippen molar-refractivity contribution in [3.05, 3.63) is 0 Å². The number of carboxylic acids is 2. The lowest BCUT2D eigenvalue weighted by Gasteiger charge is -2.29. The van der Waals surface area contributed by atoms with Crippen molar-refractivity contribution in [3.8, 4) is 0 Å². The highest BCUT2D eigenvalue weighted by Crippen LogP contribution is 2.19. The molecule has 0 aromatic carbocycles. The van der Waals surface area contributed by atoms with Crippen molar-refractivity contribution < 1.29 is 44.1 Å². The molecule has 1 saturated heterocycles. The van der Waals surface area contributed by atoms with Gasteiger partial charge in [0.25, 0.3) is 0 Å². The van der Waals surface area contributed by atoms with Crippen LogP contribution < -0.4 is 22.1 Å². The number of rotatable bonds is 12. The number of hydrogen-bond donors (Lipinski definition) is 7. The van der Waals surface area contributed by atoms with E-state index in [9.17, 15) is 39.0 Å². The summed E-state index contributed by atoms with van der Waals surface area (Å²) in [4.78, 5) is 72.0. The molecule has 0 bridgehead atoms. The number of aliphatic hydroxyl groups is 1. The average Bonchev–Trinajstić information content (AvgIpc) is 3.18. The van der Waals surface area contributed by atoms with Gasteiger partial charge in [-0.15, -0.1) is 0 Å². The number of likely N-dealkylation sites (tertiary alicyclic amines) is 1. The third-order valence-electron chi connectivity index (χ3n) is 4.92. The van der Waals surface area contributed by atoms with Crippen LogP contribution in [-0.4, -0.2) is 92.6 Å². The van der Waals surface area contributed by atoms with Crippen LogP contribution in [0.5, 0.6) is 0 Å². The van der Waals surface area contributed by atoms with Crippen LogP contribution in [-0.2, 0) is 28.8 Å². The highest BCUT2D eigenvalue weighted by molar-refractivity contribution is 5.96. The zero-order valence-electron chi connectivity index (χ0n) is 17.5. The standard InChI is InChI=1S/C18H29N5O9/c1-8(24)14(22-15(28)9(19)4-5-12(20)25)16(29)21-10(7-13(26)27)17(30)23-6-2-3-11(23)18(31)32/h8-11,14,24H,2-7,19H2,1H3,(H2,20,25)(H,21,29)(H,22,28)(H,26,27)(H,31,32). The Kier molecular flexibility index (Phi) is 10.00. The minimum Gasteiger partial charge on any atom is -0.481 e. The molecular formula is C18H29N5O9. The number of primary amides is 1. The Morgan fingerprint density at radius 1 is 1.09 bits per heavy atom. The summed E-state index contributed by atoms with van der Waals surface area (Å²) in [6.45, 7) is 1.25. The van der Waals surface area contributed by atoms with E-state index in [1.165, 1.54) is 6.92 Å². The van der Waals surface area contributed by atoms with Gasteiger partial charge in [-0.05, 0) is 26.2 Å². The summed E-state index contributed by atoms with van der Waals surface area (Å²) >= 11 is 0. The van der Waals surface area contributed by atoms with Gasteiger partial charge < -0.3 is 42.3 Å². The highest BCUT2D eigenvalue weighted by Gasteiger charge is 2.39. The van der Waals surface area contributed by atoms with Crippen LogP contribution in [0.25, 0.3) is 0 Å². The lowest BCUT2D eigenvalue weighted by Crippen LogP contribution is -2.60. The van der Waals surface area contributed by atoms with Gasteiger partial charge in [-0.25, -0.2) is 4.79 Å². The van der Waals surface area contributed by atoms with Crippen LogP contribution in [0.3, 0.4) is 0 Å². The molecule has 32 heavy (non-hydrogen) atoms. The first-order valence-electron chi connectivity index (χ1n) is 9.92. The number of amides is 4. The maximum atomic E-state index is 12.8. The van der Waals surface area contributed by atoms with Crippen molar-refractivity contribution >= 4 is 35.6 Å². The second-order valence-electron chi connectivity index (χ2n) is 7.53. The van der Waals surface area contributed by atoms with Gasteiger partial charge in [-0.1, -0.05) is 0 Å². The molecule has 1 rings (SSSR count). The van der Waals surface area contributed by atoms with E-state index < -0.39 is 72.3 Å². The predicted octanol–water partition coefficient (Wildman–Crippen LogP) is -3.52. The first-order chi connectivity index (χ1) is 14.8. The van der Waals surface area contributed by atoms with E-state index in [0.29, 0.717) is 6.42 Å². The van der Waals surface area contributed by atoms with E-state index in [0.717, 1.165) is 4.90 Å². The molecule has 4 amide bonds. The minimum absolute atomic E-state index is 0.0765. The Balaban J connectivity index is 2.94. The fourth-order valence-electron chi connectivity index (χ4n) is 3.22. The number of aliphatic carboxylic acids is 2. The topological polar surface area (TPSA) is 242 Å². The molecule has 5 atom stereocenters. The van der Waals surface area contributed by atoms with Gasteiger partial charge in [0.05, 0.1) is 18.6 Å². The number of hydrogen-bond acceptors (Lipinski definition) is 8. The normalized spacial score (nSPS) is 19.3. The van der Waals surface area contributed by atoms with E-state index in [2.05, 4.69) is 10.6 Å². The molecule has 0 aromatic rings. The van der Waals surface area contributed by atoms with Crippen molar-refractivity contribution in [1.29, 1.82) is 0 Å². The van der Waals surface area contributed by atoms with Crippen LogP contribution in [0.15, 0.2) is 0 Å². The van der Waals surface area contributed by atoms with Crippen LogP contribution in [0.2, 0.25) is 0 Å². The number of carbonyl (C=O) groups is 6. The van der Waals surface area contributed by atoms with Gasteiger partial charge in [-0.2, -0.15) is 0 Å². The molecule has 5 unspecified atom stereocenters. The quantitative estimate of drug-likeness (QED) is 0.152. The molecule has 0 radical (unpaired) electrons. The second-order valence-corrected chi connectivity index (χ2v) is 7.53. The highest BCUT2D eigenvalue weighted by atomic mass is 16.4. The molecule has 180 valence electrons. The van der Waals surface area contributed by atoms with E-state index in [4.69, 9.17) is 16.6 Å². The Labute approximate surface area is 183 Å². The van der Waals surface area contributed by atoms with Crippen molar-refractivity contribution in [2.45, 2.75) is 69.3 Å². The summed E-state index contributed by atoms with van der Waals surface area (Å²) in [5, 5.41) is 32.6. The zero-order chi connectivity index (χ0) is 24.6. The van der Waals surface area contributed by atoms with E-state index >= 15 is 0 Å². The summed E-state index contributed by atoms with van der Waals surface area (Å²) in [6, 6.07) is -5.58. The molecule has 14 nitrogen and oxygen atoms in total. The maximum Gasteiger partial charge on any atom is 0.326 e. The monoisotopic (exact) mass is 459 g/mol. The Hall–Kier alpha value is -3.26. The summed E-state index contributed by atoms with van der Waals surface area (Å²) in [7, 11) is 0. The number of aliphatic hydroxyl groups excluding tert-OH is 1. The number of carbonyl (C=O) groups excluding carboxylic acids is 4. The van der Waals surface area contributed by atoms with E-state index in [1.54, 1.807) is 0 Å². The van der Waals surface area contributed by atoms with Gasteiger partial charge >= 0.3 is 11.9 Å². The first kappa shape index (κ1) is 26.8. The van der Waals surface area contributed by atoms with Crippen molar-refractivity contribution in [2.75, 3.05) is 6.54 Å². The van der Waals surface area contributed by atoms with Crippen molar-refractivity contribution in [3.63, 3.8) is 0 Å². The fraction of sp³-hybridized carbons (Fsp3) is 0.667. The van der Waals surface area contributed by atoms with Gasteiger partial charge in [0.2, 0.25) is 23.6 Å². The maximum absolute atomic E-state index is 12.8. The third-order valence-corrected chi connectivity index (χ3v) is 4.92. The predicted molar refractivity (Wildman–Crippen MR) is 107 cm³/mol. The number of nitrogens with zero attached hydrogens (tertiary/aromatic N) is 1. The Bertz CT molecular complexity index is 757. The first-order valence-corrected chi connectivity index (χ1v) is 9.92. The smallest absolute Gasteiger partial charge is 0.326 e. The third kappa shape index (κ3) is 7.77. The van der Waals surface area contributed by atoms with Crippen LogP contribution in [0.4, 0.5) is 0 Å². The summed E-state index contributed by atoms with van der Waals surface area (Å²) in [5.74, 6) is -6.22. The molecule has 1 aliphatic heterocycles. The van der Waals surface area contributed by atoms with Gasteiger partial charge in [0.15, 0.2) is 0 Å². The van der Waals surface area contributed by atoms with Crippen LogP contribution >= 0.6 is 0 Å². The summed E-state index contributed by atoms with van der Waals surface area (Å²) in [6.07, 6.45) is -2.01. The Morgan fingerprint density at radius 2 is 1.72 bits per heavy atom. The molecule has 1 heterocycles. The fourth-order valence-corrected chi connectivity index (χ4v) is 3.22. The lowest BCUT2D eigenvalue weighted by molar-refractivity contribution is -0.151. The van der Waals surface area contributed by atoms with Crippen LogP contribution in [0, 0.1) is 0 Å². The van der Waals surface area contributed by atoms with Crippen molar-refractivity contribution in [1.82, 2.24) is 15.5 Å². The molecule has 1 fully saturated rings. The van der Waals surface area contributed by atoms with Gasteiger partial charge in [0.1, 0.15) is 18.1 Å². The zero-order valence-corrected chi connectivity index (χ0v) is 17.5. The SMILES string of the molecule is CC(O)C(NC(=O)C(N)CCC(N)=O)C(=O)NC(CC(=O)O)C(=O)N1CCCC1C(=O)O. The molecule has 0 spiro atoms. The number of nitrogens with one attached hydrogen (secondary N) is 2. The molecule has 1 aliphatic rings. The minimum atomic E-state index is -1.62. The van der Waals surface area contributed by atoms with Gasteiger partial charge in [0, 0.05) is 13.0 Å². The largest absolute Gasteiger partial charge is 0.481 e. The average molecular weight is 459 g/mol. The molecule has 0 aliphatic carbocycles. The second kappa shape index (κ2) is 12.0. The lowest BCUT2D eigenvalue weighted by atomic mass is 10.1. The van der Waals surface area contributed by atoms with Gasteiger partial charge in [-0.3, -0.25) is 24.0 Å². The Morgan fingerprint density at radius 3 is 2.22 bits per heavy atom. The molecular weight excluding hydrogens is 430 g/mol. The molecule has 0 saturated carbocycles. The number of carboxylic acid groups (broad SMARTS) is 2. The summed E-state index contributed by atoms with van der Waals surface area (Å²) < 4.78 is 0. The van der Waals surface area contributed by atoms with Crippen LogP contribution in [0.1, 0.15) is 39.0 Å². The number of nitrogens with two attached hydrogens (primary N) is 2. The molecule has 14 heteroatoms. The molecule has 0 aromatic heterocycles. The summed E-state index contributed by atoms with van der Waals surface area (Å²) in [5.41, 5.74) is 10.6.